The predicted octanol–water partition coefficient (Wildman–Crippen LogP) is 4.11. The Morgan fingerprint density at radius 3 is 2.60 bits per heavy atom. The molecule has 8 heteroatoms. The van der Waals surface area contributed by atoms with Gasteiger partial charge in [0, 0.05) is 40.1 Å². The molecule has 0 bridgehead atoms. The van der Waals surface area contributed by atoms with Gasteiger partial charge in [0.05, 0.1) is 22.4 Å². The number of fused-ring (bicyclic) bond motifs is 3. The first kappa shape index (κ1) is 20.7. The summed E-state index contributed by atoms with van der Waals surface area (Å²) in [5, 5.41) is 4.81. The predicted molar refractivity (Wildman–Crippen MR) is 138 cm³/mol. The standard InChI is InChI=1S/C27H22N6O2/c28-23-18-13-15(26(34)29-12-11-16-14-30-19-6-2-1-5-17(16)19)9-10-20(18)31-24(23)25-27(35)33-22-8-4-3-7-21(22)32-25/h1-10,13-14,30-31H,11-12,28H2,(H,29,34)(H,33,35). The van der Waals surface area contributed by atoms with Gasteiger partial charge in [0.15, 0.2) is 5.69 Å². The van der Waals surface area contributed by atoms with Crippen LogP contribution in [0.1, 0.15) is 15.9 Å². The molecular weight excluding hydrogens is 440 g/mol. The quantitative estimate of drug-likeness (QED) is 0.264. The van der Waals surface area contributed by atoms with Gasteiger partial charge in [-0.15, -0.1) is 0 Å². The number of nitrogens with one attached hydrogen (secondary N) is 4. The first-order chi connectivity index (χ1) is 17.1. The van der Waals surface area contributed by atoms with E-state index in [2.05, 4.69) is 31.3 Å². The van der Waals surface area contributed by atoms with Crippen LogP contribution in [0.25, 0.3) is 44.2 Å². The van der Waals surface area contributed by atoms with Crippen LogP contribution in [0.2, 0.25) is 0 Å². The molecule has 0 atom stereocenters. The summed E-state index contributed by atoms with van der Waals surface area (Å²) in [5.41, 5.74) is 11.9. The lowest BCUT2D eigenvalue weighted by molar-refractivity contribution is 0.0954. The highest BCUT2D eigenvalue weighted by Crippen LogP contribution is 2.31. The highest BCUT2D eigenvalue weighted by molar-refractivity contribution is 6.04. The van der Waals surface area contributed by atoms with Crippen molar-refractivity contribution in [3.05, 3.63) is 94.4 Å². The highest BCUT2D eigenvalue weighted by atomic mass is 16.1. The normalized spacial score (nSPS) is 11.4. The van der Waals surface area contributed by atoms with Crippen molar-refractivity contribution in [2.24, 2.45) is 0 Å². The van der Waals surface area contributed by atoms with Crippen molar-refractivity contribution in [2.45, 2.75) is 6.42 Å². The largest absolute Gasteiger partial charge is 0.396 e. The summed E-state index contributed by atoms with van der Waals surface area (Å²) in [6.07, 6.45) is 2.69. The Balaban J connectivity index is 1.25. The number of nitrogens with zero attached hydrogens (tertiary/aromatic N) is 1. The molecule has 172 valence electrons. The second-order valence-corrected chi connectivity index (χ2v) is 8.47. The average molecular weight is 463 g/mol. The Morgan fingerprint density at radius 1 is 0.914 bits per heavy atom. The Kier molecular flexibility index (Phi) is 4.84. The molecule has 3 aromatic heterocycles. The van der Waals surface area contributed by atoms with Crippen molar-refractivity contribution < 1.29 is 4.79 Å². The molecule has 0 aliphatic heterocycles. The van der Waals surface area contributed by atoms with Gasteiger partial charge in [-0.2, -0.15) is 0 Å². The minimum Gasteiger partial charge on any atom is -0.396 e. The van der Waals surface area contributed by atoms with Crippen LogP contribution in [0.15, 0.2) is 77.7 Å². The van der Waals surface area contributed by atoms with E-state index in [-0.39, 0.29) is 17.2 Å². The fraction of sp³-hybridized carbons (Fsp3) is 0.0741. The van der Waals surface area contributed by atoms with Gasteiger partial charge >= 0.3 is 0 Å². The Morgan fingerprint density at radius 2 is 1.71 bits per heavy atom. The summed E-state index contributed by atoms with van der Waals surface area (Å²) in [6.45, 7) is 0.503. The molecular formula is C27H22N6O2. The van der Waals surface area contributed by atoms with Gasteiger partial charge < -0.3 is 26.0 Å². The first-order valence-corrected chi connectivity index (χ1v) is 11.3. The molecule has 3 aromatic carbocycles. The zero-order valence-electron chi connectivity index (χ0n) is 18.7. The van der Waals surface area contributed by atoms with E-state index in [0.717, 1.165) is 22.0 Å². The van der Waals surface area contributed by atoms with Gasteiger partial charge in [-0.3, -0.25) is 9.59 Å². The van der Waals surface area contributed by atoms with Gasteiger partial charge in [-0.25, -0.2) is 4.98 Å². The molecule has 8 nitrogen and oxygen atoms in total. The fourth-order valence-corrected chi connectivity index (χ4v) is 4.49. The molecule has 0 aliphatic rings. The molecule has 6 aromatic rings. The van der Waals surface area contributed by atoms with Gasteiger partial charge in [-0.1, -0.05) is 30.3 Å². The van der Waals surface area contributed by atoms with Crippen molar-refractivity contribution >= 4 is 44.4 Å². The second-order valence-electron chi connectivity index (χ2n) is 8.47. The van der Waals surface area contributed by atoms with E-state index in [1.54, 1.807) is 24.3 Å². The lowest BCUT2D eigenvalue weighted by atomic mass is 10.1. The highest BCUT2D eigenvalue weighted by Gasteiger charge is 2.17. The number of anilines is 1. The van der Waals surface area contributed by atoms with E-state index in [1.165, 1.54) is 0 Å². The van der Waals surface area contributed by atoms with Gasteiger partial charge in [0.25, 0.3) is 11.5 Å². The monoisotopic (exact) mass is 462 g/mol. The number of aromatic amines is 3. The summed E-state index contributed by atoms with van der Waals surface area (Å²) in [7, 11) is 0. The van der Waals surface area contributed by atoms with Crippen molar-refractivity contribution in [3.63, 3.8) is 0 Å². The van der Waals surface area contributed by atoms with Gasteiger partial charge in [0.1, 0.15) is 0 Å². The minimum atomic E-state index is -0.336. The number of H-pyrrole nitrogens is 3. The first-order valence-electron chi connectivity index (χ1n) is 11.3. The molecule has 0 aliphatic carbocycles. The summed E-state index contributed by atoms with van der Waals surface area (Å²) >= 11 is 0. The third kappa shape index (κ3) is 3.61. The van der Waals surface area contributed by atoms with Crippen LogP contribution in [0.4, 0.5) is 5.69 Å². The van der Waals surface area contributed by atoms with Crippen LogP contribution in [0, 0.1) is 0 Å². The number of carbonyl (C=O) groups is 1. The number of hydrogen-bond acceptors (Lipinski definition) is 4. The third-order valence-electron chi connectivity index (χ3n) is 6.29. The molecule has 0 unspecified atom stereocenters. The molecule has 0 fully saturated rings. The van der Waals surface area contributed by atoms with E-state index in [4.69, 9.17) is 5.73 Å². The molecule has 0 saturated carbocycles. The average Bonchev–Trinajstić information content (AvgIpc) is 3.44. The molecule has 0 radical (unpaired) electrons. The maximum Gasteiger partial charge on any atom is 0.276 e. The van der Waals surface area contributed by atoms with Crippen molar-refractivity contribution in [1.29, 1.82) is 0 Å². The number of carbonyl (C=O) groups excluding carboxylic acids is 1. The number of rotatable bonds is 5. The van der Waals surface area contributed by atoms with Crippen molar-refractivity contribution in [1.82, 2.24) is 25.3 Å². The summed E-state index contributed by atoms with van der Waals surface area (Å²) in [5.74, 6) is -0.185. The van der Waals surface area contributed by atoms with Crippen LogP contribution in [-0.2, 0) is 6.42 Å². The van der Waals surface area contributed by atoms with Crippen LogP contribution < -0.4 is 16.6 Å². The topological polar surface area (TPSA) is 132 Å². The Labute approximate surface area is 199 Å². The number of benzene rings is 3. The van der Waals surface area contributed by atoms with Gasteiger partial charge in [0.2, 0.25) is 0 Å². The molecule has 1 amide bonds. The number of amides is 1. The van der Waals surface area contributed by atoms with Crippen LogP contribution >= 0.6 is 0 Å². The van der Waals surface area contributed by atoms with E-state index in [9.17, 15) is 9.59 Å². The van der Waals surface area contributed by atoms with E-state index >= 15 is 0 Å². The lowest BCUT2D eigenvalue weighted by Gasteiger charge is -2.05. The van der Waals surface area contributed by atoms with Gasteiger partial charge in [-0.05, 0) is 48.4 Å². The minimum absolute atomic E-state index is 0.185. The fourth-order valence-electron chi connectivity index (χ4n) is 4.49. The van der Waals surface area contributed by atoms with Crippen LogP contribution in [0.3, 0.4) is 0 Å². The summed E-state index contributed by atoms with van der Waals surface area (Å²) in [4.78, 5) is 39.3. The molecule has 35 heavy (non-hydrogen) atoms. The molecule has 6 N–H and O–H groups in total. The molecule has 3 heterocycles. The lowest BCUT2D eigenvalue weighted by Crippen LogP contribution is -2.25. The number of aromatic nitrogens is 4. The summed E-state index contributed by atoms with van der Waals surface area (Å²) in [6, 6.07) is 20.7. The maximum atomic E-state index is 12.8. The number of hydrogen-bond donors (Lipinski definition) is 5. The van der Waals surface area contributed by atoms with Crippen molar-refractivity contribution in [2.75, 3.05) is 12.3 Å². The summed E-state index contributed by atoms with van der Waals surface area (Å²) < 4.78 is 0. The van der Waals surface area contributed by atoms with E-state index < -0.39 is 0 Å². The molecule has 6 rings (SSSR count). The SMILES string of the molecule is Nc1c(-c2nc3ccccc3[nH]c2=O)[nH]c2ccc(C(=O)NCCc3c[nH]c4ccccc34)cc12. The van der Waals surface area contributed by atoms with Crippen LogP contribution in [-0.4, -0.2) is 32.4 Å². The molecule has 0 spiro atoms. The van der Waals surface area contributed by atoms with E-state index in [1.807, 2.05) is 42.6 Å². The second kappa shape index (κ2) is 8.18. The van der Waals surface area contributed by atoms with Crippen molar-refractivity contribution in [3.8, 4) is 11.4 Å². The zero-order chi connectivity index (χ0) is 23.9. The Hall–Kier alpha value is -4.85. The zero-order valence-corrected chi connectivity index (χ0v) is 18.7. The van der Waals surface area contributed by atoms with E-state index in [0.29, 0.717) is 46.3 Å². The maximum absolute atomic E-state index is 12.8. The number of nitrogen functional groups attached to an aromatic ring is 1. The molecule has 0 saturated heterocycles. The smallest absolute Gasteiger partial charge is 0.276 e. The Bertz CT molecular complexity index is 1790. The third-order valence-corrected chi connectivity index (χ3v) is 6.29. The number of nitrogens with two attached hydrogens (primary N) is 1. The van der Waals surface area contributed by atoms with Crippen LogP contribution in [0.5, 0.6) is 0 Å². The number of para-hydroxylation sites is 3.